The van der Waals surface area contributed by atoms with Gasteiger partial charge in [-0.25, -0.2) is 4.98 Å². The van der Waals surface area contributed by atoms with Gasteiger partial charge in [0.05, 0.1) is 16.2 Å². The maximum Gasteiger partial charge on any atom is 0.271 e. The average molecular weight is 410 g/mol. The van der Waals surface area contributed by atoms with Crippen molar-refractivity contribution in [2.45, 2.75) is 57.9 Å². The summed E-state index contributed by atoms with van der Waals surface area (Å²) >= 11 is 1.66. The van der Waals surface area contributed by atoms with E-state index in [0.29, 0.717) is 18.2 Å². The number of thiazole rings is 1. The van der Waals surface area contributed by atoms with E-state index in [1.807, 2.05) is 22.9 Å². The van der Waals surface area contributed by atoms with Crippen molar-refractivity contribution >= 4 is 17.2 Å². The van der Waals surface area contributed by atoms with Gasteiger partial charge in [0.1, 0.15) is 5.69 Å². The summed E-state index contributed by atoms with van der Waals surface area (Å²) < 4.78 is 2.02. The van der Waals surface area contributed by atoms with E-state index in [1.165, 1.54) is 18.5 Å². The normalized spacial score (nSPS) is 14.2. The summed E-state index contributed by atoms with van der Waals surface area (Å²) in [5, 5.41) is 10.8. The van der Waals surface area contributed by atoms with Crippen LogP contribution < -0.4 is 5.32 Å². The third-order valence-electron chi connectivity index (χ3n) is 4.98. The number of nitrogens with one attached hydrogen (secondary N) is 1. The molecule has 29 heavy (non-hydrogen) atoms. The maximum atomic E-state index is 12.6. The Balaban J connectivity index is 1.30. The number of carbonyl (C=O) groups excluding carboxylic acids is 1. The van der Waals surface area contributed by atoms with Crippen molar-refractivity contribution in [3.05, 3.63) is 52.4 Å². The van der Waals surface area contributed by atoms with Crippen LogP contribution in [0, 0.1) is 0 Å². The largest absolute Gasteiger partial charge is 0.351 e. The van der Waals surface area contributed by atoms with E-state index in [1.54, 1.807) is 23.7 Å². The summed E-state index contributed by atoms with van der Waals surface area (Å²) in [6.45, 7) is 7.00. The summed E-state index contributed by atoms with van der Waals surface area (Å²) in [6.07, 6.45) is 7.64. The fourth-order valence-corrected chi connectivity index (χ4v) is 4.18. The molecule has 0 aliphatic heterocycles. The van der Waals surface area contributed by atoms with Crippen molar-refractivity contribution in [2.24, 2.45) is 0 Å². The molecule has 0 saturated heterocycles. The lowest BCUT2D eigenvalue weighted by atomic mass is 10.1. The number of aromatic nitrogens is 4. The summed E-state index contributed by atoms with van der Waals surface area (Å²) in [4.78, 5) is 21.3. The lowest BCUT2D eigenvalue weighted by molar-refractivity contribution is 0.0946. The van der Waals surface area contributed by atoms with Gasteiger partial charge in [-0.15, -0.1) is 11.3 Å². The van der Waals surface area contributed by atoms with Crippen LogP contribution in [0.15, 0.2) is 36.0 Å². The van der Waals surface area contributed by atoms with Crippen molar-refractivity contribution in [1.29, 1.82) is 0 Å². The molecule has 1 saturated carbocycles. The zero-order valence-corrected chi connectivity index (χ0v) is 18.0. The highest BCUT2D eigenvalue weighted by Crippen LogP contribution is 2.41. The lowest BCUT2D eigenvalue weighted by Crippen LogP contribution is -2.28. The predicted molar refractivity (Wildman–Crippen MR) is 115 cm³/mol. The molecule has 7 heteroatoms. The average Bonchev–Trinajstić information content (AvgIpc) is 3.26. The molecule has 1 N–H and O–H groups in total. The molecular weight excluding hydrogens is 382 g/mol. The lowest BCUT2D eigenvalue weighted by Gasteiger charge is -2.22. The molecule has 6 nitrogen and oxygen atoms in total. The fourth-order valence-electron chi connectivity index (χ4n) is 3.33. The highest BCUT2D eigenvalue weighted by Gasteiger charge is 2.32. The monoisotopic (exact) mass is 409 g/mol. The molecule has 0 spiro atoms. The van der Waals surface area contributed by atoms with Crippen LogP contribution in [0.2, 0.25) is 0 Å². The predicted octanol–water partition coefficient (Wildman–Crippen LogP) is 4.40. The van der Waals surface area contributed by atoms with E-state index < -0.39 is 0 Å². The van der Waals surface area contributed by atoms with E-state index in [2.05, 4.69) is 46.5 Å². The molecule has 1 amide bonds. The number of carbonyl (C=O) groups is 1. The Morgan fingerprint density at radius 2 is 2.03 bits per heavy atom. The Morgan fingerprint density at radius 1 is 1.28 bits per heavy atom. The zero-order chi connectivity index (χ0) is 20.4. The molecule has 0 aromatic carbocycles. The summed E-state index contributed by atoms with van der Waals surface area (Å²) in [5.41, 5.74) is 3.66. The topological polar surface area (TPSA) is 72.7 Å². The smallest absolute Gasteiger partial charge is 0.271 e. The molecule has 0 bridgehead atoms. The van der Waals surface area contributed by atoms with Crippen molar-refractivity contribution < 1.29 is 4.79 Å². The molecule has 0 unspecified atom stereocenters. The number of pyridine rings is 1. The van der Waals surface area contributed by atoms with Crippen LogP contribution in [0.1, 0.15) is 67.1 Å². The molecule has 3 aromatic rings. The number of hydrogen-bond acceptors (Lipinski definition) is 5. The van der Waals surface area contributed by atoms with Gasteiger partial charge in [0.25, 0.3) is 5.91 Å². The first-order valence-corrected chi connectivity index (χ1v) is 11.0. The van der Waals surface area contributed by atoms with Gasteiger partial charge >= 0.3 is 0 Å². The second-order valence-corrected chi connectivity index (χ2v) is 9.48. The summed E-state index contributed by atoms with van der Waals surface area (Å²) in [5.74, 6) is 0.467. The Labute approximate surface area is 175 Å². The second kappa shape index (κ2) is 8.06. The summed E-state index contributed by atoms with van der Waals surface area (Å²) in [6, 6.07) is 5.90. The van der Waals surface area contributed by atoms with Gasteiger partial charge in [0.15, 0.2) is 0 Å². The minimum atomic E-state index is -0.117. The molecule has 3 aromatic heterocycles. The molecule has 1 aliphatic carbocycles. The highest BCUT2D eigenvalue weighted by molar-refractivity contribution is 7.09. The molecule has 3 heterocycles. The van der Waals surface area contributed by atoms with Crippen molar-refractivity contribution in [3.8, 4) is 11.3 Å². The first kappa shape index (κ1) is 19.8. The SMILES string of the molecule is CC(C)(C)n1nc(C(=O)NCCCc2nc(-c3ccncc3)cs2)cc1C1CC1. The van der Waals surface area contributed by atoms with Crippen LogP contribution in [0.4, 0.5) is 0 Å². The molecular formula is C22H27N5OS. The Hall–Kier alpha value is -2.54. The number of hydrogen-bond donors (Lipinski definition) is 1. The maximum absolute atomic E-state index is 12.6. The number of aryl methyl sites for hydroxylation is 1. The van der Waals surface area contributed by atoms with Gasteiger partial charge in [0.2, 0.25) is 0 Å². The van der Waals surface area contributed by atoms with Gasteiger partial charge in [-0.2, -0.15) is 5.10 Å². The van der Waals surface area contributed by atoms with Crippen LogP contribution in [-0.2, 0) is 12.0 Å². The summed E-state index contributed by atoms with van der Waals surface area (Å²) in [7, 11) is 0. The van der Waals surface area contributed by atoms with Crippen LogP contribution in [0.5, 0.6) is 0 Å². The quantitative estimate of drug-likeness (QED) is 0.587. The van der Waals surface area contributed by atoms with Gasteiger partial charge < -0.3 is 5.32 Å². The first-order valence-electron chi connectivity index (χ1n) is 10.2. The first-order chi connectivity index (χ1) is 13.9. The number of nitrogens with zero attached hydrogens (tertiary/aromatic N) is 4. The molecule has 0 radical (unpaired) electrons. The van der Waals surface area contributed by atoms with Gasteiger partial charge in [-0.3, -0.25) is 14.5 Å². The van der Waals surface area contributed by atoms with Crippen LogP contribution in [0.25, 0.3) is 11.3 Å². The Bertz CT molecular complexity index is 982. The zero-order valence-electron chi connectivity index (χ0n) is 17.2. The van der Waals surface area contributed by atoms with Gasteiger partial charge in [0, 0.05) is 47.9 Å². The minimum absolute atomic E-state index is 0.0912. The van der Waals surface area contributed by atoms with E-state index in [9.17, 15) is 4.79 Å². The van der Waals surface area contributed by atoms with Crippen LogP contribution in [0.3, 0.4) is 0 Å². The number of rotatable bonds is 7. The fraction of sp³-hybridized carbons (Fsp3) is 0.455. The molecule has 4 rings (SSSR count). The van der Waals surface area contributed by atoms with Crippen molar-refractivity contribution in [1.82, 2.24) is 25.1 Å². The highest BCUT2D eigenvalue weighted by atomic mass is 32.1. The standard InChI is InChI=1S/C22H27N5OS/c1-22(2,3)27-19(16-6-7-16)13-17(26-27)21(28)24-10-4-5-20-25-18(14-29-20)15-8-11-23-12-9-15/h8-9,11-14,16H,4-7,10H2,1-3H3,(H,24,28). The third kappa shape index (κ3) is 4.72. The Morgan fingerprint density at radius 3 is 2.72 bits per heavy atom. The van der Waals surface area contributed by atoms with Crippen molar-refractivity contribution in [3.63, 3.8) is 0 Å². The van der Waals surface area contributed by atoms with E-state index in [0.717, 1.165) is 29.1 Å². The number of amides is 1. The second-order valence-electron chi connectivity index (χ2n) is 8.53. The molecule has 0 atom stereocenters. The van der Waals surface area contributed by atoms with Crippen molar-refractivity contribution in [2.75, 3.05) is 6.54 Å². The van der Waals surface area contributed by atoms with E-state index in [4.69, 9.17) is 0 Å². The van der Waals surface area contributed by atoms with Crippen LogP contribution >= 0.6 is 11.3 Å². The van der Waals surface area contributed by atoms with Gasteiger partial charge in [-0.05, 0) is 58.2 Å². The van der Waals surface area contributed by atoms with Crippen LogP contribution in [-0.4, -0.2) is 32.2 Å². The van der Waals surface area contributed by atoms with E-state index >= 15 is 0 Å². The molecule has 1 aliphatic rings. The van der Waals surface area contributed by atoms with Gasteiger partial charge in [-0.1, -0.05) is 0 Å². The molecule has 1 fully saturated rings. The van der Waals surface area contributed by atoms with E-state index in [-0.39, 0.29) is 11.4 Å². The minimum Gasteiger partial charge on any atom is -0.351 e. The Kier molecular flexibility index (Phi) is 5.50. The molecule has 152 valence electrons. The third-order valence-corrected chi connectivity index (χ3v) is 5.89.